The molecule has 1 nitrogen and oxygen atoms in total. The molecule has 10 aromatic carbocycles. The minimum Gasteiger partial charge on any atom is -0.310 e. The third kappa shape index (κ3) is 8.86. The van der Waals surface area contributed by atoms with E-state index in [1.54, 1.807) is 0 Å². The fourth-order valence-corrected chi connectivity index (χ4v) is 9.47. The van der Waals surface area contributed by atoms with E-state index in [0.29, 0.717) is 0 Å². The van der Waals surface area contributed by atoms with Gasteiger partial charge in [-0.1, -0.05) is 242 Å². The van der Waals surface area contributed by atoms with Crippen molar-refractivity contribution in [2.24, 2.45) is 0 Å². The molecule has 0 saturated heterocycles. The largest absolute Gasteiger partial charge is 0.310 e. The van der Waals surface area contributed by atoms with Crippen LogP contribution in [0.3, 0.4) is 0 Å². The van der Waals surface area contributed by atoms with Crippen LogP contribution in [0.15, 0.2) is 237 Å². The van der Waals surface area contributed by atoms with Crippen LogP contribution in [0, 0.1) is 0 Å². The average molecular weight is 864 g/mol. The third-order valence-electron chi connectivity index (χ3n) is 13.2. The van der Waals surface area contributed by atoms with Gasteiger partial charge in [0.15, 0.2) is 0 Å². The lowest BCUT2D eigenvalue weighted by Crippen LogP contribution is -2.16. The van der Waals surface area contributed by atoms with E-state index >= 15 is 0 Å². The Hall–Kier alpha value is -7.74. The molecule has 0 saturated carbocycles. The molecule has 67 heavy (non-hydrogen) atoms. The highest BCUT2D eigenvalue weighted by molar-refractivity contribution is 6.09. The summed E-state index contributed by atoms with van der Waals surface area (Å²) in [6.45, 7) is 13.9. The Morgan fingerprint density at radius 2 is 0.701 bits per heavy atom. The summed E-state index contributed by atoms with van der Waals surface area (Å²) in [5, 5.41) is 2.48. The molecule has 0 aliphatic carbocycles. The van der Waals surface area contributed by atoms with Crippen LogP contribution in [-0.4, -0.2) is 0 Å². The zero-order chi connectivity index (χ0) is 46.1. The lowest BCUT2D eigenvalue weighted by molar-refractivity contribution is 0.569. The highest BCUT2D eigenvalue weighted by atomic mass is 15.1. The Morgan fingerprint density at radius 1 is 0.269 bits per heavy atom. The predicted molar refractivity (Wildman–Crippen MR) is 289 cm³/mol. The molecule has 0 bridgehead atoms. The maximum atomic E-state index is 2.43. The maximum Gasteiger partial charge on any atom is 0.0540 e. The molecular formula is C66H57N. The molecule has 0 atom stereocenters. The van der Waals surface area contributed by atoms with Crippen LogP contribution < -0.4 is 4.90 Å². The minimum absolute atomic E-state index is 0.00205. The number of para-hydroxylation sites is 1. The highest BCUT2D eigenvalue weighted by Crippen LogP contribution is 2.46. The van der Waals surface area contributed by atoms with Crippen molar-refractivity contribution in [1.82, 2.24) is 0 Å². The van der Waals surface area contributed by atoms with Crippen molar-refractivity contribution in [2.75, 3.05) is 4.90 Å². The first-order valence-electron chi connectivity index (χ1n) is 23.6. The van der Waals surface area contributed by atoms with Crippen molar-refractivity contribution in [3.8, 4) is 66.8 Å². The number of anilines is 3. The van der Waals surface area contributed by atoms with E-state index in [2.05, 4.69) is 283 Å². The molecule has 0 aliphatic heterocycles. The van der Waals surface area contributed by atoms with Gasteiger partial charge in [0.05, 0.1) is 5.69 Å². The molecule has 0 unspecified atom stereocenters. The molecule has 0 aliphatic rings. The van der Waals surface area contributed by atoms with Crippen LogP contribution in [0.4, 0.5) is 17.1 Å². The smallest absolute Gasteiger partial charge is 0.0540 e. The van der Waals surface area contributed by atoms with Crippen molar-refractivity contribution >= 4 is 27.8 Å². The van der Waals surface area contributed by atoms with Gasteiger partial charge in [0.25, 0.3) is 0 Å². The van der Waals surface area contributed by atoms with E-state index in [9.17, 15) is 0 Å². The molecule has 326 valence electrons. The summed E-state index contributed by atoms with van der Waals surface area (Å²) in [6, 6.07) is 86.9. The Kier molecular flexibility index (Phi) is 11.5. The zero-order valence-corrected chi connectivity index (χ0v) is 39.5. The van der Waals surface area contributed by atoms with Crippen LogP contribution in [0.1, 0.15) is 52.7 Å². The normalized spacial score (nSPS) is 11.7. The van der Waals surface area contributed by atoms with Crippen LogP contribution in [0.5, 0.6) is 0 Å². The number of hydrogen-bond acceptors (Lipinski definition) is 1. The number of hydrogen-bond donors (Lipinski definition) is 0. The van der Waals surface area contributed by atoms with Crippen molar-refractivity contribution in [1.29, 1.82) is 0 Å². The van der Waals surface area contributed by atoms with Crippen molar-refractivity contribution in [2.45, 2.75) is 52.4 Å². The number of rotatable bonds is 9. The lowest BCUT2D eigenvalue weighted by Gasteiger charge is -2.29. The molecule has 0 aromatic heterocycles. The quantitative estimate of drug-likeness (QED) is 0.140. The monoisotopic (exact) mass is 863 g/mol. The number of benzene rings is 10. The summed E-state index contributed by atoms with van der Waals surface area (Å²) in [7, 11) is 0. The Bertz CT molecular complexity index is 3280. The van der Waals surface area contributed by atoms with Gasteiger partial charge in [-0.2, -0.15) is 0 Å². The van der Waals surface area contributed by atoms with E-state index < -0.39 is 0 Å². The summed E-state index contributed by atoms with van der Waals surface area (Å²) in [4.78, 5) is 2.43. The van der Waals surface area contributed by atoms with Crippen molar-refractivity contribution in [3.05, 3.63) is 248 Å². The summed E-state index contributed by atoms with van der Waals surface area (Å²) < 4.78 is 0. The van der Waals surface area contributed by atoms with Crippen molar-refractivity contribution < 1.29 is 0 Å². The molecule has 1 heteroatoms. The lowest BCUT2D eigenvalue weighted by atomic mass is 9.78. The molecule has 10 rings (SSSR count). The van der Waals surface area contributed by atoms with Gasteiger partial charge in [-0.15, -0.1) is 0 Å². The summed E-state index contributed by atoms with van der Waals surface area (Å²) in [5.74, 6) is 0. The van der Waals surface area contributed by atoms with Crippen LogP contribution in [-0.2, 0) is 10.8 Å². The molecule has 0 spiro atoms. The molecule has 0 radical (unpaired) electrons. The number of fused-ring (bicyclic) bond motifs is 1. The van der Waals surface area contributed by atoms with Crippen molar-refractivity contribution in [3.63, 3.8) is 0 Å². The Labute approximate surface area is 397 Å². The highest BCUT2D eigenvalue weighted by Gasteiger charge is 2.24. The molecule has 0 N–H and O–H groups in total. The average Bonchev–Trinajstić information content (AvgIpc) is 3.36. The van der Waals surface area contributed by atoms with E-state index in [4.69, 9.17) is 0 Å². The van der Waals surface area contributed by atoms with Gasteiger partial charge in [0, 0.05) is 16.9 Å². The van der Waals surface area contributed by atoms with Gasteiger partial charge in [0.2, 0.25) is 0 Å². The van der Waals surface area contributed by atoms with Crippen LogP contribution in [0.2, 0.25) is 0 Å². The molecule has 0 fully saturated rings. The summed E-state index contributed by atoms with van der Waals surface area (Å²) >= 11 is 0. The van der Waals surface area contributed by atoms with E-state index in [1.165, 1.54) is 88.7 Å². The fraction of sp³-hybridized carbons (Fsp3) is 0.121. The van der Waals surface area contributed by atoms with E-state index in [0.717, 1.165) is 17.1 Å². The van der Waals surface area contributed by atoms with Gasteiger partial charge >= 0.3 is 0 Å². The second-order valence-electron chi connectivity index (χ2n) is 19.8. The second-order valence-corrected chi connectivity index (χ2v) is 19.8. The molecule has 0 heterocycles. The SMILES string of the molecule is CC(C)(C)c1cc(-c2cccc3cccc(-c4ccccc4N(c4ccc(-c5ccccc5)cc4)c4ccc(-c5ccc(-c6ccccc6)c(-c6ccccc6)c5)cc4)c23)cc(C(C)(C)C)c1. The second kappa shape index (κ2) is 17.9. The predicted octanol–water partition coefficient (Wildman–Crippen LogP) is 18.9. The summed E-state index contributed by atoms with van der Waals surface area (Å²) in [6.07, 6.45) is 0. The first-order valence-corrected chi connectivity index (χ1v) is 23.6. The first kappa shape index (κ1) is 43.2. The van der Waals surface area contributed by atoms with E-state index in [-0.39, 0.29) is 10.8 Å². The maximum absolute atomic E-state index is 2.43. The first-order chi connectivity index (χ1) is 32.5. The number of nitrogens with zero attached hydrogens (tertiary/aromatic N) is 1. The van der Waals surface area contributed by atoms with Gasteiger partial charge in [-0.05, 0) is 130 Å². The molecular weight excluding hydrogens is 807 g/mol. The topological polar surface area (TPSA) is 3.24 Å². The van der Waals surface area contributed by atoms with Gasteiger partial charge in [0.1, 0.15) is 0 Å². The zero-order valence-electron chi connectivity index (χ0n) is 39.5. The van der Waals surface area contributed by atoms with Gasteiger partial charge < -0.3 is 4.90 Å². The van der Waals surface area contributed by atoms with Crippen LogP contribution in [0.25, 0.3) is 77.5 Å². The Balaban J connectivity index is 1.13. The molecule has 10 aromatic rings. The van der Waals surface area contributed by atoms with Crippen LogP contribution >= 0.6 is 0 Å². The summed E-state index contributed by atoms with van der Waals surface area (Å²) in [5.41, 5.74) is 20.4. The van der Waals surface area contributed by atoms with E-state index in [1.807, 2.05) is 0 Å². The standard InChI is InChI=1S/C66H57N/c1-65(2,3)54-42-53(43-55(45-54)66(4,5)6)59-29-18-26-51-27-19-30-61(64(51)59)60-28-16-17-31-63(60)67(56-37-32-47(33-38-56)46-20-10-7-11-21-46)57-39-34-48(35-40-57)52-36-41-58(49-22-12-8-13-23-49)62(44-52)50-24-14-9-15-25-50/h7-45H,1-6H3. The minimum atomic E-state index is -0.00205. The van der Waals surface area contributed by atoms with Gasteiger partial charge in [-0.25, -0.2) is 0 Å². The van der Waals surface area contributed by atoms with Gasteiger partial charge in [-0.3, -0.25) is 0 Å². The Morgan fingerprint density at radius 3 is 1.25 bits per heavy atom. The fourth-order valence-electron chi connectivity index (χ4n) is 9.47. The molecule has 0 amide bonds. The third-order valence-corrected chi connectivity index (χ3v) is 13.2.